The number of allylic oxidation sites excluding steroid dienone is 16. The largest absolute Gasteiger partial charge is 0.462 e. The number of esters is 3. The predicted molar refractivity (Wildman–Crippen MR) is 293 cm³/mol. The fourth-order valence-electron chi connectivity index (χ4n) is 7.62. The minimum Gasteiger partial charge on any atom is -0.462 e. The third kappa shape index (κ3) is 53.3. The van der Waals surface area contributed by atoms with Crippen molar-refractivity contribution in [1.29, 1.82) is 0 Å². The molecule has 68 heavy (non-hydrogen) atoms. The van der Waals surface area contributed by atoms with Crippen molar-refractivity contribution in [2.75, 3.05) is 13.2 Å². The molecule has 0 fully saturated rings. The van der Waals surface area contributed by atoms with Crippen LogP contribution in [0.2, 0.25) is 0 Å². The highest BCUT2D eigenvalue weighted by molar-refractivity contribution is 5.71. The van der Waals surface area contributed by atoms with Crippen molar-refractivity contribution in [3.05, 3.63) is 97.2 Å². The van der Waals surface area contributed by atoms with E-state index in [4.69, 9.17) is 14.2 Å². The molecule has 0 amide bonds. The summed E-state index contributed by atoms with van der Waals surface area (Å²) in [4.78, 5) is 38.1. The monoisotopic (exact) mass is 945 g/mol. The van der Waals surface area contributed by atoms with Gasteiger partial charge in [0.05, 0.1) is 0 Å². The number of carbonyl (C=O) groups is 3. The molecule has 0 aromatic heterocycles. The summed E-state index contributed by atoms with van der Waals surface area (Å²) < 4.78 is 16.8. The highest BCUT2D eigenvalue weighted by Crippen LogP contribution is 2.15. The summed E-state index contributed by atoms with van der Waals surface area (Å²) in [6, 6.07) is 0. The van der Waals surface area contributed by atoms with Crippen molar-refractivity contribution in [3.63, 3.8) is 0 Å². The van der Waals surface area contributed by atoms with Gasteiger partial charge in [-0.15, -0.1) is 0 Å². The molecule has 0 rings (SSSR count). The van der Waals surface area contributed by atoms with Gasteiger partial charge in [0.1, 0.15) is 13.2 Å². The van der Waals surface area contributed by atoms with Gasteiger partial charge >= 0.3 is 17.9 Å². The molecule has 0 aromatic rings. The van der Waals surface area contributed by atoms with E-state index >= 15 is 0 Å². The Balaban J connectivity index is 4.48. The van der Waals surface area contributed by atoms with Crippen molar-refractivity contribution in [3.8, 4) is 0 Å². The van der Waals surface area contributed by atoms with Crippen molar-refractivity contribution in [1.82, 2.24) is 0 Å². The smallest absolute Gasteiger partial charge is 0.306 e. The molecular weight excluding hydrogens is 841 g/mol. The zero-order valence-electron chi connectivity index (χ0n) is 44.3. The first-order chi connectivity index (χ1) is 33.5. The Labute approximate surface area is 419 Å². The van der Waals surface area contributed by atoms with Crippen LogP contribution < -0.4 is 0 Å². The Morgan fingerprint density at radius 1 is 0.309 bits per heavy atom. The van der Waals surface area contributed by atoms with Crippen LogP contribution in [0.4, 0.5) is 0 Å². The predicted octanol–water partition coefficient (Wildman–Crippen LogP) is 18.9. The summed E-state index contributed by atoms with van der Waals surface area (Å²) in [6.07, 6.45) is 74.0. The maximum Gasteiger partial charge on any atom is 0.306 e. The zero-order valence-corrected chi connectivity index (χ0v) is 44.3. The van der Waals surface area contributed by atoms with Crippen molar-refractivity contribution in [2.45, 2.75) is 264 Å². The fraction of sp³-hybridized carbons (Fsp3) is 0.694. The Morgan fingerprint density at radius 2 is 0.603 bits per heavy atom. The lowest BCUT2D eigenvalue weighted by atomic mass is 10.0. The lowest BCUT2D eigenvalue weighted by Crippen LogP contribution is -2.30. The molecule has 0 spiro atoms. The number of hydrogen-bond donors (Lipinski definition) is 0. The van der Waals surface area contributed by atoms with E-state index in [1.54, 1.807) is 0 Å². The van der Waals surface area contributed by atoms with Crippen LogP contribution in [0.25, 0.3) is 0 Å². The van der Waals surface area contributed by atoms with Gasteiger partial charge in [-0.25, -0.2) is 0 Å². The van der Waals surface area contributed by atoms with Crippen molar-refractivity contribution in [2.24, 2.45) is 0 Å². The van der Waals surface area contributed by atoms with Gasteiger partial charge in [0, 0.05) is 19.3 Å². The van der Waals surface area contributed by atoms with Crippen LogP contribution in [0.15, 0.2) is 97.2 Å². The van der Waals surface area contributed by atoms with Gasteiger partial charge in [0.25, 0.3) is 0 Å². The molecule has 0 unspecified atom stereocenters. The average molecular weight is 946 g/mol. The van der Waals surface area contributed by atoms with E-state index in [1.165, 1.54) is 128 Å². The Bertz CT molecular complexity index is 1360. The number of carbonyl (C=O) groups excluding carboxylic acids is 3. The summed E-state index contributed by atoms with van der Waals surface area (Å²) in [5.41, 5.74) is 0. The number of rotatable bonds is 50. The second kappa shape index (κ2) is 55.9. The first-order valence-electron chi connectivity index (χ1n) is 28.2. The molecule has 0 saturated heterocycles. The normalized spacial score (nSPS) is 12.8. The van der Waals surface area contributed by atoms with Crippen LogP contribution >= 0.6 is 0 Å². The average Bonchev–Trinajstić information content (AvgIpc) is 3.34. The van der Waals surface area contributed by atoms with Gasteiger partial charge in [0.2, 0.25) is 0 Å². The van der Waals surface area contributed by atoms with Crippen LogP contribution in [-0.4, -0.2) is 37.2 Å². The highest BCUT2D eigenvalue weighted by Gasteiger charge is 2.19. The Morgan fingerprint density at radius 3 is 0.985 bits per heavy atom. The topological polar surface area (TPSA) is 78.9 Å². The number of hydrogen-bond acceptors (Lipinski definition) is 6. The van der Waals surface area contributed by atoms with Gasteiger partial charge in [-0.1, -0.05) is 246 Å². The molecule has 0 N–H and O–H groups in total. The molecule has 0 heterocycles. The van der Waals surface area contributed by atoms with E-state index in [9.17, 15) is 14.4 Å². The first-order valence-corrected chi connectivity index (χ1v) is 28.2. The van der Waals surface area contributed by atoms with Gasteiger partial charge in [0.15, 0.2) is 6.10 Å². The quantitative estimate of drug-likeness (QED) is 0.0262. The number of unbranched alkanes of at least 4 members (excludes halogenated alkanes) is 23. The van der Waals surface area contributed by atoms with E-state index in [2.05, 4.69) is 112 Å². The highest BCUT2D eigenvalue weighted by atomic mass is 16.6. The molecule has 0 aliphatic heterocycles. The summed E-state index contributed by atoms with van der Waals surface area (Å²) >= 11 is 0. The maximum atomic E-state index is 12.8. The minimum absolute atomic E-state index is 0.108. The van der Waals surface area contributed by atoms with Crippen LogP contribution in [0.5, 0.6) is 0 Å². The van der Waals surface area contributed by atoms with Gasteiger partial charge < -0.3 is 14.2 Å². The number of ether oxygens (including phenoxy) is 3. The third-order valence-electron chi connectivity index (χ3n) is 11.8. The fourth-order valence-corrected chi connectivity index (χ4v) is 7.62. The van der Waals surface area contributed by atoms with Crippen LogP contribution in [-0.2, 0) is 28.6 Å². The van der Waals surface area contributed by atoms with E-state index in [0.717, 1.165) is 83.5 Å². The van der Waals surface area contributed by atoms with Crippen LogP contribution in [0.3, 0.4) is 0 Å². The minimum atomic E-state index is -0.819. The lowest BCUT2D eigenvalue weighted by molar-refractivity contribution is -0.166. The second-order valence-corrected chi connectivity index (χ2v) is 18.5. The second-order valence-electron chi connectivity index (χ2n) is 18.5. The summed E-state index contributed by atoms with van der Waals surface area (Å²) in [5.74, 6) is -0.994. The summed E-state index contributed by atoms with van der Waals surface area (Å²) in [5, 5.41) is 0. The Kier molecular flexibility index (Phi) is 52.9. The molecule has 6 heteroatoms. The van der Waals surface area contributed by atoms with Crippen molar-refractivity contribution >= 4 is 17.9 Å². The summed E-state index contributed by atoms with van der Waals surface area (Å²) in [7, 11) is 0. The van der Waals surface area contributed by atoms with E-state index in [1.807, 2.05) is 6.08 Å². The van der Waals surface area contributed by atoms with E-state index in [-0.39, 0.29) is 31.6 Å². The van der Waals surface area contributed by atoms with Gasteiger partial charge in [-0.2, -0.15) is 0 Å². The molecule has 388 valence electrons. The molecule has 0 aliphatic rings. The van der Waals surface area contributed by atoms with Gasteiger partial charge in [-0.05, 0) is 89.9 Å². The van der Waals surface area contributed by atoms with Crippen LogP contribution in [0.1, 0.15) is 258 Å². The van der Waals surface area contributed by atoms with Gasteiger partial charge in [-0.3, -0.25) is 14.4 Å². The van der Waals surface area contributed by atoms with Crippen molar-refractivity contribution < 1.29 is 28.6 Å². The third-order valence-corrected chi connectivity index (χ3v) is 11.8. The maximum absolute atomic E-state index is 12.8. The van der Waals surface area contributed by atoms with E-state index in [0.29, 0.717) is 19.3 Å². The molecular formula is C62H104O6. The molecule has 1 atom stereocenters. The molecule has 0 saturated carbocycles. The first kappa shape index (κ1) is 64.3. The summed E-state index contributed by atoms with van der Waals surface area (Å²) in [6.45, 7) is 6.44. The SMILES string of the molecule is CC/C=C\C/C=C\C/C=C\C/C=C\C/C=C\C/C=C\CCC(=O)O[C@H](COC(=O)CCCCCCCCCCC/C=C\C/C=C\CCCCC)COC(=O)CCCCCCCCCCCCCC. The molecule has 0 radical (unpaired) electrons. The standard InChI is InChI=1S/C62H104O6/c1-4-7-10-13-16-19-22-25-27-29-31-33-35-37-40-43-46-49-52-55-61(64)67-58-59(57-66-60(63)54-51-48-45-42-39-24-21-18-15-12-9-6-3)68-62(65)56-53-50-47-44-41-38-36-34-32-30-28-26-23-20-17-14-11-8-5-2/h8,11,16-17,19-20,25-28,32,34,38,41,47,50,59H,4-7,9-10,12-15,18,21-24,29-31,33,35-37,39-40,42-46,48-49,51-58H2,1-3H3/b11-8-,19-16-,20-17-,27-25-,28-26-,34-32-,41-38-,50-47-/t59-/m0/s1. The van der Waals surface area contributed by atoms with E-state index < -0.39 is 12.1 Å². The van der Waals surface area contributed by atoms with Crippen LogP contribution in [0, 0.1) is 0 Å². The molecule has 0 bridgehead atoms. The molecule has 0 aliphatic carbocycles. The zero-order chi connectivity index (χ0) is 49.3. The molecule has 0 aromatic carbocycles. The lowest BCUT2D eigenvalue weighted by Gasteiger charge is -2.18. The Hall–Kier alpha value is -3.67. The molecule has 6 nitrogen and oxygen atoms in total.